The Morgan fingerprint density at radius 3 is 2.00 bits per heavy atom. The van der Waals surface area contributed by atoms with Crippen LogP contribution in [0.1, 0.15) is 5.56 Å². The maximum Gasteiger partial charge on any atom is 0.276 e. The monoisotopic (exact) mass is 419 g/mol. The van der Waals surface area contributed by atoms with E-state index in [4.69, 9.17) is 5.53 Å². The Morgan fingerprint density at radius 1 is 0.833 bits per heavy atom. The van der Waals surface area contributed by atoms with Crippen LogP contribution in [0.2, 0.25) is 0 Å². The Morgan fingerprint density at radius 2 is 1.40 bits per heavy atom. The van der Waals surface area contributed by atoms with Crippen LogP contribution in [0.4, 0.5) is 11.4 Å². The van der Waals surface area contributed by atoms with Crippen LogP contribution in [0.25, 0.3) is 10.4 Å². The van der Waals surface area contributed by atoms with E-state index in [2.05, 4.69) is 30.2 Å². The molecule has 1 N–H and O–H groups in total. The van der Waals surface area contributed by atoms with Gasteiger partial charge in [0.05, 0.1) is 28.5 Å². The van der Waals surface area contributed by atoms with E-state index < -0.39 is 10.0 Å². The second-order valence-electron chi connectivity index (χ2n) is 5.94. The molecule has 0 amide bonds. The fourth-order valence-corrected chi connectivity index (χ4v) is 3.24. The normalized spacial score (nSPS) is 11.8. The van der Waals surface area contributed by atoms with Crippen LogP contribution >= 0.6 is 0 Å². The molecule has 30 heavy (non-hydrogen) atoms. The Balaban J connectivity index is 1.80. The molecule has 0 fully saturated rings. The SMILES string of the molecule is [N-]=[N+]=NC/C(=N\NS(=O)(=O)c1ccccc1)c1ccc(N=Nc2ccccc2)cc1. The number of hydrazone groups is 1. The molecule has 3 aromatic carbocycles. The van der Waals surface area contributed by atoms with Crippen molar-refractivity contribution in [1.82, 2.24) is 4.83 Å². The van der Waals surface area contributed by atoms with Gasteiger partial charge in [-0.1, -0.05) is 53.6 Å². The molecule has 0 aliphatic carbocycles. The highest BCUT2D eigenvalue weighted by molar-refractivity contribution is 7.89. The molecule has 0 radical (unpaired) electrons. The molecule has 0 aromatic heterocycles. The summed E-state index contributed by atoms with van der Waals surface area (Å²) in [5, 5.41) is 15.8. The average molecular weight is 419 g/mol. The molecular weight excluding hydrogens is 402 g/mol. The lowest BCUT2D eigenvalue weighted by Gasteiger charge is -2.07. The van der Waals surface area contributed by atoms with Crippen molar-refractivity contribution >= 4 is 27.1 Å². The quantitative estimate of drug-likeness (QED) is 0.179. The summed E-state index contributed by atoms with van der Waals surface area (Å²) in [5.41, 5.74) is 10.8. The lowest BCUT2D eigenvalue weighted by Crippen LogP contribution is -2.21. The van der Waals surface area contributed by atoms with Crippen molar-refractivity contribution in [2.45, 2.75) is 4.90 Å². The van der Waals surface area contributed by atoms with Gasteiger partial charge in [-0.2, -0.15) is 28.6 Å². The van der Waals surface area contributed by atoms with Gasteiger partial charge in [-0.15, -0.1) is 0 Å². The minimum atomic E-state index is -3.84. The fourth-order valence-electron chi connectivity index (χ4n) is 2.39. The van der Waals surface area contributed by atoms with Crippen molar-refractivity contribution in [1.29, 1.82) is 0 Å². The van der Waals surface area contributed by atoms with E-state index in [1.54, 1.807) is 42.5 Å². The number of sulfonamides is 1. The first-order valence-corrected chi connectivity index (χ1v) is 10.3. The Hall–Kier alpha value is -4.01. The van der Waals surface area contributed by atoms with Crippen molar-refractivity contribution in [3.8, 4) is 0 Å². The smallest absolute Gasteiger partial charge is 0.200 e. The van der Waals surface area contributed by atoms with Crippen LogP contribution in [-0.4, -0.2) is 20.7 Å². The van der Waals surface area contributed by atoms with E-state index in [-0.39, 0.29) is 17.2 Å². The summed E-state index contributed by atoms with van der Waals surface area (Å²) in [4.78, 5) is 4.97. The van der Waals surface area contributed by atoms with E-state index in [1.807, 2.05) is 30.3 Å². The van der Waals surface area contributed by atoms with E-state index >= 15 is 0 Å². The maximum atomic E-state index is 12.4. The topological polar surface area (TPSA) is 132 Å². The van der Waals surface area contributed by atoms with Crippen molar-refractivity contribution in [3.05, 3.63) is 101 Å². The highest BCUT2D eigenvalue weighted by atomic mass is 32.2. The van der Waals surface area contributed by atoms with Crippen molar-refractivity contribution in [2.24, 2.45) is 20.4 Å². The van der Waals surface area contributed by atoms with E-state index in [1.165, 1.54) is 12.1 Å². The number of nitrogens with one attached hydrogen (secondary N) is 1. The first kappa shape index (κ1) is 20.7. The number of azo groups is 1. The first-order chi connectivity index (χ1) is 14.6. The zero-order valence-corrected chi connectivity index (χ0v) is 16.5. The average Bonchev–Trinajstić information content (AvgIpc) is 2.79. The van der Waals surface area contributed by atoms with Crippen LogP contribution in [0.3, 0.4) is 0 Å². The van der Waals surface area contributed by atoms with Gasteiger partial charge < -0.3 is 0 Å². The molecule has 9 nitrogen and oxygen atoms in total. The molecule has 0 saturated heterocycles. The molecule has 150 valence electrons. The zero-order chi connectivity index (χ0) is 21.2. The van der Waals surface area contributed by atoms with Crippen LogP contribution in [0, 0.1) is 0 Å². The van der Waals surface area contributed by atoms with Crippen LogP contribution in [0.5, 0.6) is 0 Å². The number of benzene rings is 3. The summed E-state index contributed by atoms with van der Waals surface area (Å²) in [7, 11) is -3.84. The van der Waals surface area contributed by atoms with Crippen molar-refractivity contribution in [3.63, 3.8) is 0 Å². The third kappa shape index (κ3) is 5.74. The lowest BCUT2D eigenvalue weighted by molar-refractivity contribution is 0.584. The third-order valence-corrected chi connectivity index (χ3v) is 5.10. The van der Waals surface area contributed by atoms with Gasteiger partial charge in [0.2, 0.25) is 0 Å². The van der Waals surface area contributed by atoms with Gasteiger partial charge in [-0.3, -0.25) is 0 Å². The van der Waals surface area contributed by atoms with E-state index in [0.29, 0.717) is 11.3 Å². The van der Waals surface area contributed by atoms with Gasteiger partial charge in [-0.05, 0) is 47.5 Å². The summed E-state index contributed by atoms with van der Waals surface area (Å²) < 4.78 is 24.7. The number of hydrogen-bond donors (Lipinski definition) is 1. The van der Waals surface area contributed by atoms with E-state index in [0.717, 1.165) is 5.69 Å². The van der Waals surface area contributed by atoms with Crippen LogP contribution in [-0.2, 0) is 10.0 Å². The zero-order valence-electron chi connectivity index (χ0n) is 15.7. The molecular formula is C20H17N7O2S. The van der Waals surface area contributed by atoms with Gasteiger partial charge in [0.15, 0.2) is 0 Å². The summed E-state index contributed by atoms with van der Waals surface area (Å²) in [6.07, 6.45) is 0. The molecule has 0 aliphatic rings. The Kier molecular flexibility index (Phi) is 6.88. The molecule has 0 heterocycles. The third-order valence-electron chi connectivity index (χ3n) is 3.88. The van der Waals surface area contributed by atoms with Gasteiger partial charge >= 0.3 is 0 Å². The highest BCUT2D eigenvalue weighted by Gasteiger charge is 2.13. The second-order valence-corrected chi connectivity index (χ2v) is 7.60. The number of hydrogen-bond acceptors (Lipinski definition) is 6. The molecule has 0 aliphatic heterocycles. The lowest BCUT2D eigenvalue weighted by atomic mass is 10.1. The summed E-state index contributed by atoms with van der Waals surface area (Å²) in [5.74, 6) is 0. The first-order valence-electron chi connectivity index (χ1n) is 8.80. The second kappa shape index (κ2) is 9.97. The van der Waals surface area contributed by atoms with Crippen molar-refractivity contribution in [2.75, 3.05) is 6.54 Å². The summed E-state index contributed by atoms with van der Waals surface area (Å²) >= 11 is 0. The minimum Gasteiger partial charge on any atom is -0.200 e. The molecule has 10 heteroatoms. The maximum absolute atomic E-state index is 12.4. The molecule has 0 saturated carbocycles. The molecule has 0 unspecified atom stereocenters. The van der Waals surface area contributed by atoms with Gasteiger partial charge in [0.25, 0.3) is 10.0 Å². The highest BCUT2D eigenvalue weighted by Crippen LogP contribution is 2.19. The summed E-state index contributed by atoms with van der Waals surface area (Å²) in [6, 6.07) is 24.0. The number of azide groups is 1. The summed E-state index contributed by atoms with van der Waals surface area (Å²) in [6.45, 7) is -0.126. The van der Waals surface area contributed by atoms with Crippen LogP contribution < -0.4 is 4.83 Å². The molecule has 3 aromatic rings. The molecule has 0 spiro atoms. The Labute approximate surface area is 173 Å². The van der Waals surface area contributed by atoms with Gasteiger partial charge in [-0.25, -0.2) is 0 Å². The number of rotatable bonds is 8. The Bertz CT molecular complexity index is 1190. The van der Waals surface area contributed by atoms with Crippen LogP contribution in [0.15, 0.2) is 110 Å². The molecule has 0 atom stereocenters. The molecule has 3 rings (SSSR count). The minimum absolute atomic E-state index is 0.0774. The van der Waals surface area contributed by atoms with Gasteiger partial charge in [0, 0.05) is 4.91 Å². The van der Waals surface area contributed by atoms with Crippen molar-refractivity contribution < 1.29 is 8.42 Å². The fraction of sp³-hybridized carbons (Fsp3) is 0.0500. The standard InChI is InChI=1S/C20H17N7O2S/c21-26-22-15-20(25-27-30(28,29)19-9-5-2-6-10-19)16-11-13-18(14-12-16)24-23-17-7-3-1-4-8-17/h1-14,27H,15H2/b24-23?,25-20+. The van der Waals surface area contributed by atoms with Gasteiger partial charge in [0.1, 0.15) is 0 Å². The predicted molar refractivity (Wildman–Crippen MR) is 114 cm³/mol. The number of nitrogens with zero attached hydrogens (tertiary/aromatic N) is 6. The van der Waals surface area contributed by atoms with E-state index in [9.17, 15) is 8.42 Å². The predicted octanol–water partition coefficient (Wildman–Crippen LogP) is 5.09. The molecule has 0 bridgehead atoms. The largest absolute Gasteiger partial charge is 0.276 e.